The Morgan fingerprint density at radius 1 is 1.47 bits per heavy atom. The van der Waals surface area contributed by atoms with E-state index in [0.29, 0.717) is 17.1 Å². The standard InChI is InChI=1S/C12H17ClN2O.ClH/c1-9-4-5-10(11(13)8-9)12(16)15(3)7-6-14-2;/h4-5,8,14H,6-7H2,1-3H3;1H. The highest BCUT2D eigenvalue weighted by Gasteiger charge is 2.14. The van der Waals surface area contributed by atoms with E-state index in [1.165, 1.54) is 0 Å². The second-order valence-electron chi connectivity index (χ2n) is 3.81. The maximum absolute atomic E-state index is 12.0. The zero-order valence-corrected chi connectivity index (χ0v) is 11.9. The maximum atomic E-state index is 12.0. The average molecular weight is 277 g/mol. The highest BCUT2D eigenvalue weighted by molar-refractivity contribution is 6.33. The van der Waals surface area contributed by atoms with Gasteiger partial charge in [0.2, 0.25) is 0 Å². The van der Waals surface area contributed by atoms with Gasteiger partial charge < -0.3 is 10.2 Å². The van der Waals surface area contributed by atoms with E-state index < -0.39 is 0 Å². The van der Waals surface area contributed by atoms with Crippen molar-refractivity contribution in [2.45, 2.75) is 6.92 Å². The number of amides is 1. The van der Waals surface area contributed by atoms with Crippen molar-refractivity contribution in [1.29, 1.82) is 0 Å². The summed E-state index contributed by atoms with van der Waals surface area (Å²) in [5.74, 6) is -0.0414. The second kappa shape index (κ2) is 7.54. The summed E-state index contributed by atoms with van der Waals surface area (Å²) in [6.07, 6.45) is 0. The van der Waals surface area contributed by atoms with Crippen LogP contribution in [-0.4, -0.2) is 38.0 Å². The van der Waals surface area contributed by atoms with Crippen LogP contribution >= 0.6 is 24.0 Å². The molecule has 0 bridgehead atoms. The van der Waals surface area contributed by atoms with E-state index in [0.717, 1.165) is 12.1 Å². The Hall–Kier alpha value is -0.770. The topological polar surface area (TPSA) is 32.3 Å². The smallest absolute Gasteiger partial charge is 0.255 e. The zero-order chi connectivity index (χ0) is 12.1. The molecule has 1 rings (SSSR count). The summed E-state index contributed by atoms with van der Waals surface area (Å²) in [4.78, 5) is 13.7. The van der Waals surface area contributed by atoms with Crippen molar-refractivity contribution < 1.29 is 4.79 Å². The predicted octanol–water partition coefficient (Wildman–Crippen LogP) is 2.36. The van der Waals surface area contributed by atoms with Gasteiger partial charge in [-0.3, -0.25) is 4.79 Å². The molecule has 0 aliphatic rings. The van der Waals surface area contributed by atoms with Crippen LogP contribution in [0.5, 0.6) is 0 Å². The lowest BCUT2D eigenvalue weighted by atomic mass is 10.1. The van der Waals surface area contributed by atoms with Crippen LogP contribution in [0.3, 0.4) is 0 Å². The van der Waals surface area contributed by atoms with Crippen molar-refractivity contribution >= 4 is 29.9 Å². The molecule has 5 heteroatoms. The first-order valence-electron chi connectivity index (χ1n) is 5.22. The Bertz CT molecular complexity index is 383. The molecule has 1 N–H and O–H groups in total. The molecule has 17 heavy (non-hydrogen) atoms. The molecule has 0 radical (unpaired) electrons. The van der Waals surface area contributed by atoms with Gasteiger partial charge in [0.15, 0.2) is 0 Å². The number of hydrogen-bond acceptors (Lipinski definition) is 2. The molecule has 96 valence electrons. The summed E-state index contributed by atoms with van der Waals surface area (Å²) in [5, 5.41) is 3.52. The first kappa shape index (κ1) is 16.2. The number of aryl methyl sites for hydroxylation is 1. The van der Waals surface area contributed by atoms with Crippen LogP contribution in [-0.2, 0) is 0 Å². The molecule has 3 nitrogen and oxygen atoms in total. The maximum Gasteiger partial charge on any atom is 0.255 e. The number of carbonyl (C=O) groups is 1. The van der Waals surface area contributed by atoms with Crippen molar-refractivity contribution in [3.63, 3.8) is 0 Å². The van der Waals surface area contributed by atoms with Gasteiger partial charge in [-0.25, -0.2) is 0 Å². The number of carbonyl (C=O) groups excluding carboxylic acids is 1. The Morgan fingerprint density at radius 2 is 2.12 bits per heavy atom. The van der Waals surface area contributed by atoms with Gasteiger partial charge in [0.1, 0.15) is 0 Å². The minimum Gasteiger partial charge on any atom is -0.340 e. The molecule has 1 aromatic carbocycles. The third-order valence-electron chi connectivity index (χ3n) is 2.40. The fourth-order valence-corrected chi connectivity index (χ4v) is 1.70. The van der Waals surface area contributed by atoms with E-state index in [1.807, 2.05) is 20.0 Å². The van der Waals surface area contributed by atoms with Crippen LogP contribution in [0.25, 0.3) is 0 Å². The Balaban J connectivity index is 0.00000256. The largest absolute Gasteiger partial charge is 0.340 e. The van der Waals surface area contributed by atoms with Gasteiger partial charge in [0.05, 0.1) is 10.6 Å². The molecule has 0 aliphatic heterocycles. The molecular weight excluding hydrogens is 259 g/mol. The van der Waals surface area contributed by atoms with E-state index in [4.69, 9.17) is 11.6 Å². The second-order valence-corrected chi connectivity index (χ2v) is 4.22. The molecular formula is C12H18Cl2N2O. The molecule has 0 spiro atoms. The Morgan fingerprint density at radius 3 is 2.65 bits per heavy atom. The monoisotopic (exact) mass is 276 g/mol. The average Bonchev–Trinajstić information content (AvgIpc) is 2.25. The number of benzene rings is 1. The van der Waals surface area contributed by atoms with Crippen LogP contribution < -0.4 is 5.32 Å². The molecule has 0 saturated heterocycles. The number of hydrogen-bond donors (Lipinski definition) is 1. The lowest BCUT2D eigenvalue weighted by Gasteiger charge is -2.17. The lowest BCUT2D eigenvalue weighted by molar-refractivity contribution is 0.0797. The fourth-order valence-electron chi connectivity index (χ4n) is 1.38. The fraction of sp³-hybridized carbons (Fsp3) is 0.417. The molecule has 0 unspecified atom stereocenters. The van der Waals surface area contributed by atoms with Gasteiger partial charge in [-0.05, 0) is 31.7 Å². The van der Waals surface area contributed by atoms with Crippen LogP contribution in [0.4, 0.5) is 0 Å². The van der Waals surface area contributed by atoms with Gasteiger partial charge in [-0.2, -0.15) is 0 Å². The number of likely N-dealkylation sites (N-methyl/N-ethyl adjacent to an activating group) is 2. The SMILES string of the molecule is CNCCN(C)C(=O)c1ccc(C)cc1Cl.Cl. The number of halogens is 2. The van der Waals surface area contributed by atoms with Crippen molar-refractivity contribution in [2.75, 3.05) is 27.2 Å². The van der Waals surface area contributed by atoms with Gasteiger partial charge in [0.25, 0.3) is 5.91 Å². The zero-order valence-electron chi connectivity index (χ0n) is 10.3. The van der Waals surface area contributed by atoms with Gasteiger partial charge >= 0.3 is 0 Å². The third-order valence-corrected chi connectivity index (χ3v) is 2.71. The molecule has 0 fully saturated rings. The Kier molecular flexibility index (Phi) is 7.19. The van der Waals surface area contributed by atoms with E-state index in [1.54, 1.807) is 24.1 Å². The van der Waals surface area contributed by atoms with E-state index >= 15 is 0 Å². The van der Waals surface area contributed by atoms with Crippen molar-refractivity contribution in [3.8, 4) is 0 Å². The van der Waals surface area contributed by atoms with Crippen LogP contribution in [0.2, 0.25) is 5.02 Å². The molecule has 0 aromatic heterocycles. The molecule has 0 atom stereocenters. The minimum atomic E-state index is -0.0414. The van der Waals surface area contributed by atoms with Crippen LogP contribution in [0.1, 0.15) is 15.9 Å². The highest BCUT2D eigenvalue weighted by atomic mass is 35.5. The number of nitrogens with zero attached hydrogens (tertiary/aromatic N) is 1. The van der Waals surface area contributed by atoms with Crippen LogP contribution in [0.15, 0.2) is 18.2 Å². The lowest BCUT2D eigenvalue weighted by Crippen LogP contribution is -2.32. The van der Waals surface area contributed by atoms with E-state index in [9.17, 15) is 4.79 Å². The van der Waals surface area contributed by atoms with Gasteiger partial charge in [-0.15, -0.1) is 12.4 Å². The van der Waals surface area contributed by atoms with Crippen LogP contribution in [0, 0.1) is 6.92 Å². The summed E-state index contributed by atoms with van der Waals surface area (Å²) in [7, 11) is 3.63. The van der Waals surface area contributed by atoms with Crippen molar-refractivity contribution in [2.24, 2.45) is 0 Å². The molecule has 1 amide bonds. The summed E-state index contributed by atoms with van der Waals surface area (Å²) >= 11 is 6.04. The molecule has 0 heterocycles. The summed E-state index contributed by atoms with van der Waals surface area (Å²) in [5.41, 5.74) is 1.62. The highest BCUT2D eigenvalue weighted by Crippen LogP contribution is 2.18. The van der Waals surface area contributed by atoms with Gasteiger partial charge in [0, 0.05) is 20.1 Å². The van der Waals surface area contributed by atoms with E-state index in [2.05, 4.69) is 5.32 Å². The number of nitrogens with one attached hydrogen (secondary N) is 1. The number of rotatable bonds is 4. The molecule has 1 aromatic rings. The van der Waals surface area contributed by atoms with Gasteiger partial charge in [-0.1, -0.05) is 17.7 Å². The quantitative estimate of drug-likeness (QED) is 0.916. The Labute approximate surface area is 114 Å². The summed E-state index contributed by atoms with van der Waals surface area (Å²) in [6.45, 7) is 3.39. The first-order valence-corrected chi connectivity index (χ1v) is 5.60. The molecule has 0 aliphatic carbocycles. The predicted molar refractivity (Wildman–Crippen MR) is 74.3 cm³/mol. The van der Waals surface area contributed by atoms with Crippen molar-refractivity contribution in [1.82, 2.24) is 10.2 Å². The first-order chi connectivity index (χ1) is 7.56. The third kappa shape index (κ3) is 4.54. The van der Waals surface area contributed by atoms with Crippen molar-refractivity contribution in [3.05, 3.63) is 34.3 Å². The minimum absolute atomic E-state index is 0. The summed E-state index contributed by atoms with van der Waals surface area (Å²) < 4.78 is 0. The normalized spacial score (nSPS) is 9.65. The molecule has 0 saturated carbocycles. The summed E-state index contributed by atoms with van der Waals surface area (Å²) in [6, 6.07) is 5.47. The van der Waals surface area contributed by atoms with E-state index in [-0.39, 0.29) is 18.3 Å².